The molecule has 112 valence electrons. The lowest BCUT2D eigenvalue weighted by Crippen LogP contribution is -2.29. The first-order chi connectivity index (χ1) is 9.97. The van der Waals surface area contributed by atoms with Gasteiger partial charge in [-0.1, -0.05) is 52.0 Å². The first-order valence-corrected chi connectivity index (χ1v) is 7.46. The Morgan fingerprint density at radius 1 is 1.14 bits per heavy atom. The molecule has 0 aliphatic heterocycles. The van der Waals surface area contributed by atoms with Crippen LogP contribution in [-0.4, -0.2) is 4.98 Å². The number of nitrogens with zero attached hydrogens (tertiary/aromatic N) is 1. The molecule has 3 N–H and O–H groups in total. The van der Waals surface area contributed by atoms with Crippen LogP contribution in [0.4, 0.5) is 0 Å². The van der Waals surface area contributed by atoms with Crippen LogP contribution in [0.15, 0.2) is 42.7 Å². The standard InChI is InChI=1S/C18H25N3/c1-5-13-12-20-11-10-16(13)17(21-19)14-6-8-15(9-7-14)18(2,3)4/h6-12,17,21H,5,19H2,1-4H3. The van der Waals surface area contributed by atoms with Gasteiger partial charge in [-0.3, -0.25) is 10.8 Å². The van der Waals surface area contributed by atoms with E-state index in [0.29, 0.717) is 0 Å². The lowest BCUT2D eigenvalue weighted by molar-refractivity contribution is 0.587. The molecule has 0 saturated heterocycles. The molecule has 0 bridgehead atoms. The number of pyridine rings is 1. The Labute approximate surface area is 127 Å². The van der Waals surface area contributed by atoms with Crippen LogP contribution in [0.3, 0.4) is 0 Å². The summed E-state index contributed by atoms with van der Waals surface area (Å²) in [6.45, 7) is 8.80. The molecule has 0 saturated carbocycles. The van der Waals surface area contributed by atoms with Gasteiger partial charge in [-0.25, -0.2) is 5.43 Å². The zero-order valence-electron chi connectivity index (χ0n) is 13.4. The van der Waals surface area contributed by atoms with Crippen LogP contribution in [0.25, 0.3) is 0 Å². The highest BCUT2D eigenvalue weighted by Gasteiger charge is 2.17. The highest BCUT2D eigenvalue weighted by Crippen LogP contribution is 2.27. The lowest BCUT2D eigenvalue weighted by atomic mass is 9.85. The molecule has 1 unspecified atom stereocenters. The normalized spacial score (nSPS) is 13.2. The summed E-state index contributed by atoms with van der Waals surface area (Å²) in [5.41, 5.74) is 8.02. The minimum atomic E-state index is -0.00281. The monoisotopic (exact) mass is 283 g/mol. The third-order valence-corrected chi connectivity index (χ3v) is 3.91. The molecule has 3 heteroatoms. The Bertz CT molecular complexity index is 582. The molecule has 1 atom stereocenters. The van der Waals surface area contributed by atoms with E-state index < -0.39 is 0 Å². The van der Waals surface area contributed by atoms with Gasteiger partial charge in [0.25, 0.3) is 0 Å². The first-order valence-electron chi connectivity index (χ1n) is 7.46. The average Bonchev–Trinajstić information content (AvgIpc) is 2.48. The lowest BCUT2D eigenvalue weighted by Gasteiger charge is -2.22. The second kappa shape index (κ2) is 6.37. The van der Waals surface area contributed by atoms with Gasteiger partial charge in [-0.05, 0) is 40.2 Å². The second-order valence-corrected chi connectivity index (χ2v) is 6.40. The van der Waals surface area contributed by atoms with E-state index in [1.54, 1.807) is 0 Å². The Kier molecular flexibility index (Phi) is 4.76. The van der Waals surface area contributed by atoms with Gasteiger partial charge in [0.1, 0.15) is 0 Å². The van der Waals surface area contributed by atoms with E-state index in [1.807, 2.05) is 18.5 Å². The van der Waals surface area contributed by atoms with Gasteiger partial charge in [-0.2, -0.15) is 0 Å². The highest BCUT2D eigenvalue weighted by molar-refractivity contribution is 5.37. The van der Waals surface area contributed by atoms with Gasteiger partial charge in [-0.15, -0.1) is 0 Å². The summed E-state index contributed by atoms with van der Waals surface area (Å²) in [4.78, 5) is 4.20. The van der Waals surface area contributed by atoms with Crippen molar-refractivity contribution in [3.8, 4) is 0 Å². The minimum absolute atomic E-state index is 0.00281. The van der Waals surface area contributed by atoms with Crippen molar-refractivity contribution in [3.05, 3.63) is 65.0 Å². The Morgan fingerprint density at radius 2 is 1.81 bits per heavy atom. The van der Waals surface area contributed by atoms with Crippen LogP contribution >= 0.6 is 0 Å². The molecule has 21 heavy (non-hydrogen) atoms. The molecule has 2 aromatic rings. The quantitative estimate of drug-likeness (QED) is 0.667. The minimum Gasteiger partial charge on any atom is -0.271 e. The van der Waals surface area contributed by atoms with E-state index >= 15 is 0 Å². The Balaban J connectivity index is 2.38. The fraction of sp³-hybridized carbons (Fsp3) is 0.389. The fourth-order valence-corrected chi connectivity index (χ4v) is 2.56. The van der Waals surface area contributed by atoms with Crippen LogP contribution in [0.5, 0.6) is 0 Å². The molecule has 3 nitrogen and oxygen atoms in total. The molecular weight excluding hydrogens is 258 g/mol. The maximum atomic E-state index is 5.81. The number of hydrazine groups is 1. The molecule has 0 aliphatic rings. The molecule has 0 radical (unpaired) electrons. The Hall–Kier alpha value is -1.71. The molecule has 0 aliphatic carbocycles. The van der Waals surface area contributed by atoms with Crippen LogP contribution in [0.2, 0.25) is 0 Å². The van der Waals surface area contributed by atoms with Gasteiger partial charge in [0.15, 0.2) is 0 Å². The van der Waals surface area contributed by atoms with E-state index in [0.717, 1.165) is 6.42 Å². The third kappa shape index (κ3) is 3.49. The number of nitrogens with two attached hydrogens (primary N) is 1. The van der Waals surface area contributed by atoms with Crippen LogP contribution in [-0.2, 0) is 11.8 Å². The summed E-state index contributed by atoms with van der Waals surface area (Å²) in [6, 6.07) is 10.7. The maximum absolute atomic E-state index is 5.81. The molecule has 2 rings (SSSR count). The van der Waals surface area contributed by atoms with Crippen LogP contribution in [0.1, 0.15) is 56.0 Å². The number of aryl methyl sites for hydroxylation is 1. The topological polar surface area (TPSA) is 50.9 Å². The molecule has 1 heterocycles. The largest absolute Gasteiger partial charge is 0.271 e. The average molecular weight is 283 g/mol. The maximum Gasteiger partial charge on any atom is 0.0713 e. The van der Waals surface area contributed by atoms with Crippen molar-refractivity contribution in [2.45, 2.75) is 45.6 Å². The summed E-state index contributed by atoms with van der Waals surface area (Å²) in [5.74, 6) is 5.81. The van der Waals surface area contributed by atoms with Crippen molar-refractivity contribution >= 4 is 0 Å². The van der Waals surface area contributed by atoms with E-state index in [-0.39, 0.29) is 11.5 Å². The molecule has 1 aromatic carbocycles. The number of aromatic nitrogens is 1. The molecule has 0 amide bonds. The summed E-state index contributed by atoms with van der Waals surface area (Å²) in [6.07, 6.45) is 4.69. The number of hydrogen-bond donors (Lipinski definition) is 2. The van der Waals surface area contributed by atoms with Gasteiger partial charge < -0.3 is 0 Å². The summed E-state index contributed by atoms with van der Waals surface area (Å²) < 4.78 is 0. The summed E-state index contributed by atoms with van der Waals surface area (Å²) in [7, 11) is 0. The van der Waals surface area contributed by atoms with Gasteiger partial charge in [0, 0.05) is 12.4 Å². The van der Waals surface area contributed by atoms with E-state index in [1.165, 1.54) is 22.3 Å². The first kappa shape index (κ1) is 15.7. The zero-order chi connectivity index (χ0) is 15.5. The van der Waals surface area contributed by atoms with Crippen molar-refractivity contribution in [1.82, 2.24) is 10.4 Å². The number of hydrogen-bond acceptors (Lipinski definition) is 3. The Morgan fingerprint density at radius 3 is 2.33 bits per heavy atom. The summed E-state index contributed by atoms with van der Waals surface area (Å²) in [5, 5.41) is 0. The van der Waals surface area contributed by atoms with E-state index in [2.05, 4.69) is 62.4 Å². The third-order valence-electron chi connectivity index (χ3n) is 3.91. The molecule has 1 aromatic heterocycles. The SMILES string of the molecule is CCc1cnccc1C(NN)c1ccc(C(C)(C)C)cc1. The smallest absolute Gasteiger partial charge is 0.0713 e. The molecular formula is C18H25N3. The predicted molar refractivity (Wildman–Crippen MR) is 87.9 cm³/mol. The second-order valence-electron chi connectivity index (χ2n) is 6.40. The van der Waals surface area contributed by atoms with Gasteiger partial charge in [0.05, 0.1) is 6.04 Å². The van der Waals surface area contributed by atoms with E-state index in [4.69, 9.17) is 5.84 Å². The number of benzene rings is 1. The van der Waals surface area contributed by atoms with E-state index in [9.17, 15) is 0 Å². The van der Waals surface area contributed by atoms with Crippen molar-refractivity contribution in [3.63, 3.8) is 0 Å². The van der Waals surface area contributed by atoms with Crippen molar-refractivity contribution < 1.29 is 0 Å². The van der Waals surface area contributed by atoms with Gasteiger partial charge in [0.2, 0.25) is 0 Å². The fourth-order valence-electron chi connectivity index (χ4n) is 2.56. The molecule has 0 spiro atoms. The van der Waals surface area contributed by atoms with Crippen molar-refractivity contribution in [2.24, 2.45) is 5.84 Å². The highest BCUT2D eigenvalue weighted by atomic mass is 15.2. The van der Waals surface area contributed by atoms with Crippen LogP contribution in [0, 0.1) is 0 Å². The number of nitrogens with one attached hydrogen (secondary N) is 1. The van der Waals surface area contributed by atoms with Crippen molar-refractivity contribution in [1.29, 1.82) is 0 Å². The van der Waals surface area contributed by atoms with Gasteiger partial charge >= 0.3 is 0 Å². The van der Waals surface area contributed by atoms with Crippen LogP contribution < -0.4 is 11.3 Å². The van der Waals surface area contributed by atoms with Crippen molar-refractivity contribution in [2.75, 3.05) is 0 Å². The summed E-state index contributed by atoms with van der Waals surface area (Å²) >= 11 is 0. The predicted octanol–water partition coefficient (Wildman–Crippen LogP) is 3.49. The number of rotatable bonds is 4. The zero-order valence-corrected chi connectivity index (χ0v) is 13.4. The molecule has 0 fully saturated rings.